The Morgan fingerprint density at radius 1 is 1.19 bits per heavy atom. The van der Waals surface area contributed by atoms with Gasteiger partial charge in [-0.25, -0.2) is 4.79 Å². The van der Waals surface area contributed by atoms with Gasteiger partial charge in [0.05, 0.1) is 16.9 Å². The Morgan fingerprint density at radius 2 is 2.00 bits per heavy atom. The van der Waals surface area contributed by atoms with E-state index in [1.54, 1.807) is 0 Å². The van der Waals surface area contributed by atoms with Gasteiger partial charge >= 0.3 is 5.69 Å². The molecule has 27 heavy (non-hydrogen) atoms. The molecule has 1 atom stereocenters. The summed E-state index contributed by atoms with van der Waals surface area (Å²) in [4.78, 5) is 30.3. The van der Waals surface area contributed by atoms with Crippen LogP contribution in [0, 0.1) is 12.8 Å². The lowest BCUT2D eigenvalue weighted by Crippen LogP contribution is -2.24. The van der Waals surface area contributed by atoms with Crippen LogP contribution in [0.5, 0.6) is 0 Å². The molecule has 7 nitrogen and oxygen atoms in total. The van der Waals surface area contributed by atoms with E-state index in [0.29, 0.717) is 17.2 Å². The first-order chi connectivity index (χ1) is 13.1. The van der Waals surface area contributed by atoms with E-state index in [1.807, 2.05) is 19.1 Å². The number of benzene rings is 1. The molecule has 0 bridgehead atoms. The highest BCUT2D eigenvalue weighted by Gasteiger charge is 2.25. The largest absolute Gasteiger partial charge is 0.370 e. The van der Waals surface area contributed by atoms with Gasteiger partial charge in [-0.2, -0.15) is 5.10 Å². The normalized spacial score (nSPS) is 16.6. The summed E-state index contributed by atoms with van der Waals surface area (Å²) in [5, 5.41) is 8.38. The lowest BCUT2D eigenvalue weighted by molar-refractivity contribution is 0.586. The van der Waals surface area contributed by atoms with Crippen LogP contribution in [0.1, 0.15) is 17.7 Å². The van der Waals surface area contributed by atoms with Crippen LogP contribution in [0.25, 0.3) is 11.3 Å². The van der Waals surface area contributed by atoms with Crippen molar-refractivity contribution in [2.75, 3.05) is 18.0 Å². The summed E-state index contributed by atoms with van der Waals surface area (Å²) in [6.07, 6.45) is 3.55. The molecule has 0 saturated carbocycles. The maximum Gasteiger partial charge on any atom is 0.325 e. The van der Waals surface area contributed by atoms with Crippen molar-refractivity contribution in [1.29, 1.82) is 0 Å². The number of anilines is 1. The molecule has 2 aromatic heterocycles. The van der Waals surface area contributed by atoms with Crippen LogP contribution in [-0.4, -0.2) is 33.3 Å². The van der Waals surface area contributed by atoms with E-state index >= 15 is 0 Å². The van der Waals surface area contributed by atoms with Crippen LogP contribution < -0.4 is 16.1 Å². The summed E-state index contributed by atoms with van der Waals surface area (Å²) >= 11 is 0. The van der Waals surface area contributed by atoms with Gasteiger partial charge in [-0.05, 0) is 37.3 Å². The molecule has 1 unspecified atom stereocenters. The van der Waals surface area contributed by atoms with Gasteiger partial charge in [0.2, 0.25) is 0 Å². The van der Waals surface area contributed by atoms with Gasteiger partial charge in [0.25, 0.3) is 5.56 Å². The van der Waals surface area contributed by atoms with Crippen molar-refractivity contribution in [3.8, 4) is 11.3 Å². The Kier molecular flexibility index (Phi) is 4.58. The molecular weight excluding hydrogens is 342 g/mol. The Labute approximate surface area is 156 Å². The quantitative estimate of drug-likeness (QED) is 0.738. The number of hydrogen-bond donors (Lipinski definition) is 2. The second-order valence-corrected chi connectivity index (χ2v) is 6.98. The predicted molar refractivity (Wildman–Crippen MR) is 104 cm³/mol. The molecule has 7 heteroatoms. The third-order valence-electron chi connectivity index (χ3n) is 5.04. The Bertz CT molecular complexity index is 1060. The third-order valence-corrected chi connectivity index (χ3v) is 5.04. The van der Waals surface area contributed by atoms with Crippen molar-refractivity contribution in [2.45, 2.75) is 19.8 Å². The van der Waals surface area contributed by atoms with Gasteiger partial charge in [-0.15, -0.1) is 5.10 Å². The lowest BCUT2D eigenvalue weighted by atomic mass is 9.99. The number of nitrogens with one attached hydrogen (secondary N) is 2. The molecule has 1 saturated heterocycles. The average molecular weight is 363 g/mol. The summed E-state index contributed by atoms with van der Waals surface area (Å²) < 4.78 is 0. The molecule has 3 heterocycles. The van der Waals surface area contributed by atoms with Gasteiger partial charge in [0, 0.05) is 19.3 Å². The van der Waals surface area contributed by atoms with Crippen molar-refractivity contribution in [3.63, 3.8) is 0 Å². The fourth-order valence-corrected chi connectivity index (χ4v) is 3.66. The van der Waals surface area contributed by atoms with Gasteiger partial charge in [0.1, 0.15) is 5.69 Å². The minimum Gasteiger partial charge on any atom is -0.370 e. The monoisotopic (exact) mass is 363 g/mol. The first kappa shape index (κ1) is 17.2. The van der Waals surface area contributed by atoms with E-state index in [1.165, 1.54) is 11.8 Å². The molecule has 2 N–H and O–H groups in total. The fraction of sp³-hybridized carbons (Fsp3) is 0.300. The molecule has 0 spiro atoms. The Balaban J connectivity index is 1.57. The maximum absolute atomic E-state index is 12.1. The van der Waals surface area contributed by atoms with Gasteiger partial charge < -0.3 is 9.88 Å². The number of nitrogens with zero attached hydrogens (tertiary/aromatic N) is 3. The number of hydrogen-bond acceptors (Lipinski definition) is 5. The fourth-order valence-electron chi connectivity index (χ4n) is 3.66. The van der Waals surface area contributed by atoms with E-state index in [0.717, 1.165) is 37.3 Å². The second kappa shape index (κ2) is 7.19. The SMILES string of the molecule is Cc1nnc(-c2c[nH]c(=O)[nH]c2=O)cc1N1CCC(Cc2ccccc2)C1. The lowest BCUT2D eigenvalue weighted by Gasteiger charge is -2.20. The van der Waals surface area contributed by atoms with Crippen LogP contribution in [-0.2, 0) is 6.42 Å². The number of aromatic amines is 2. The highest BCUT2D eigenvalue weighted by Crippen LogP contribution is 2.29. The standard InChI is InChI=1S/C20H21N5O2/c1-13-18(10-17(24-23-13)16-11-21-20(27)22-19(16)26)25-8-7-15(12-25)9-14-5-3-2-4-6-14/h2-6,10-11,15H,7-9,12H2,1H3,(H2,21,22,26,27). The molecule has 0 amide bonds. The Morgan fingerprint density at radius 3 is 2.78 bits per heavy atom. The highest BCUT2D eigenvalue weighted by atomic mass is 16.2. The van der Waals surface area contributed by atoms with E-state index in [4.69, 9.17) is 0 Å². The van der Waals surface area contributed by atoms with E-state index < -0.39 is 11.2 Å². The third kappa shape index (κ3) is 3.67. The molecule has 1 fully saturated rings. The average Bonchev–Trinajstić information content (AvgIpc) is 3.11. The summed E-state index contributed by atoms with van der Waals surface area (Å²) in [5.74, 6) is 0.583. The zero-order chi connectivity index (χ0) is 18.8. The number of aryl methyl sites for hydroxylation is 1. The molecule has 138 valence electrons. The van der Waals surface area contributed by atoms with Crippen LogP contribution in [0.15, 0.2) is 52.2 Å². The van der Waals surface area contributed by atoms with E-state index in [2.05, 4.69) is 49.3 Å². The smallest absolute Gasteiger partial charge is 0.325 e. The van der Waals surface area contributed by atoms with Crippen molar-refractivity contribution in [3.05, 3.63) is 74.7 Å². The van der Waals surface area contributed by atoms with Gasteiger partial charge in [-0.1, -0.05) is 30.3 Å². The summed E-state index contributed by atoms with van der Waals surface area (Å²) in [6, 6.07) is 12.4. The first-order valence-corrected chi connectivity index (χ1v) is 9.06. The van der Waals surface area contributed by atoms with Crippen molar-refractivity contribution in [2.24, 2.45) is 5.92 Å². The predicted octanol–water partition coefficient (Wildman–Crippen LogP) is 1.90. The topological polar surface area (TPSA) is 94.7 Å². The molecule has 1 aliphatic heterocycles. The second-order valence-electron chi connectivity index (χ2n) is 6.98. The summed E-state index contributed by atoms with van der Waals surface area (Å²) in [7, 11) is 0. The maximum atomic E-state index is 12.1. The first-order valence-electron chi connectivity index (χ1n) is 9.06. The molecule has 0 aliphatic carbocycles. The van der Waals surface area contributed by atoms with Crippen LogP contribution in [0.2, 0.25) is 0 Å². The zero-order valence-electron chi connectivity index (χ0n) is 15.1. The minimum absolute atomic E-state index is 0.309. The number of aromatic nitrogens is 4. The van der Waals surface area contributed by atoms with Crippen molar-refractivity contribution >= 4 is 5.69 Å². The molecule has 1 aliphatic rings. The molecule has 1 aromatic carbocycles. The van der Waals surface area contributed by atoms with Crippen LogP contribution in [0.3, 0.4) is 0 Å². The molecule has 3 aromatic rings. The van der Waals surface area contributed by atoms with Crippen molar-refractivity contribution < 1.29 is 0 Å². The summed E-state index contributed by atoms with van der Waals surface area (Å²) in [5.41, 5.74) is 2.94. The van der Waals surface area contributed by atoms with Crippen LogP contribution >= 0.6 is 0 Å². The van der Waals surface area contributed by atoms with Gasteiger partial charge in [-0.3, -0.25) is 9.78 Å². The zero-order valence-corrected chi connectivity index (χ0v) is 15.1. The van der Waals surface area contributed by atoms with Gasteiger partial charge in [0.15, 0.2) is 0 Å². The molecule has 0 radical (unpaired) electrons. The summed E-state index contributed by atoms with van der Waals surface area (Å²) in [6.45, 7) is 3.82. The van der Waals surface area contributed by atoms with Crippen molar-refractivity contribution in [1.82, 2.24) is 20.2 Å². The minimum atomic E-state index is -0.535. The van der Waals surface area contributed by atoms with Crippen LogP contribution in [0.4, 0.5) is 5.69 Å². The number of H-pyrrole nitrogens is 2. The molecular formula is C20H21N5O2. The molecule has 4 rings (SSSR count). The number of rotatable bonds is 4. The van der Waals surface area contributed by atoms with E-state index in [-0.39, 0.29) is 0 Å². The van der Waals surface area contributed by atoms with E-state index in [9.17, 15) is 9.59 Å². The highest BCUT2D eigenvalue weighted by molar-refractivity contribution is 5.64. The Hall–Kier alpha value is -3.22.